The number of methoxy groups -OCH3 is 1. The van der Waals surface area contributed by atoms with Crippen LogP contribution in [0.15, 0.2) is 41.4 Å². The summed E-state index contributed by atoms with van der Waals surface area (Å²) in [7, 11) is 1.64. The third-order valence-electron chi connectivity index (χ3n) is 5.70. The van der Waals surface area contributed by atoms with Gasteiger partial charge < -0.3 is 20.3 Å². The van der Waals surface area contributed by atoms with Gasteiger partial charge in [0.1, 0.15) is 11.3 Å². The molecule has 0 spiro atoms. The van der Waals surface area contributed by atoms with Crippen molar-refractivity contribution >= 4 is 52.0 Å². The Kier molecular flexibility index (Phi) is 6.84. The van der Waals surface area contributed by atoms with E-state index < -0.39 is 0 Å². The fourth-order valence-corrected chi connectivity index (χ4v) is 5.97. The van der Waals surface area contributed by atoms with Crippen molar-refractivity contribution in [3.05, 3.63) is 42.2 Å². The van der Waals surface area contributed by atoms with Crippen LogP contribution in [0, 0.1) is 0 Å². The molecule has 5 rings (SSSR count). The number of pyridine rings is 3. The van der Waals surface area contributed by atoms with Crippen LogP contribution in [-0.2, 0) is 11.3 Å². The van der Waals surface area contributed by atoms with Crippen molar-refractivity contribution in [3.63, 3.8) is 0 Å². The molecule has 10 heteroatoms. The van der Waals surface area contributed by atoms with Gasteiger partial charge in [-0.1, -0.05) is 0 Å². The molecule has 2 aliphatic heterocycles. The number of rotatable bonds is 8. The van der Waals surface area contributed by atoms with Crippen LogP contribution in [0.4, 0.5) is 11.5 Å². The molecular formula is C23H26N6O2S2. The topological polar surface area (TPSA) is 92.3 Å². The summed E-state index contributed by atoms with van der Waals surface area (Å²) in [5, 5.41) is 6.92. The third kappa shape index (κ3) is 5.18. The number of anilines is 2. The molecule has 1 saturated heterocycles. The van der Waals surface area contributed by atoms with Gasteiger partial charge in [-0.15, -0.1) is 11.8 Å². The Hall–Kier alpha value is -2.56. The Morgan fingerprint density at radius 1 is 1.27 bits per heavy atom. The molecule has 8 nitrogen and oxygen atoms in total. The third-order valence-corrected chi connectivity index (χ3v) is 8.05. The Labute approximate surface area is 201 Å². The normalized spacial score (nSPS) is 17.8. The van der Waals surface area contributed by atoms with Gasteiger partial charge in [0.15, 0.2) is 0 Å². The summed E-state index contributed by atoms with van der Waals surface area (Å²) in [6.45, 7) is 3.64. The van der Waals surface area contributed by atoms with Crippen molar-refractivity contribution < 1.29 is 9.53 Å². The van der Waals surface area contributed by atoms with E-state index in [1.54, 1.807) is 7.11 Å². The SMILES string of the molecule is COc1ccc2nccc(N3CCC(SCCNCc4ccc5c(n4)NC(=O)CS5)C3)c2n1. The highest BCUT2D eigenvalue weighted by molar-refractivity contribution is 8.00. The molecule has 1 fully saturated rings. The smallest absolute Gasteiger partial charge is 0.235 e. The average Bonchev–Trinajstić information content (AvgIpc) is 3.31. The number of ether oxygens (including phenoxy) is 1. The van der Waals surface area contributed by atoms with Crippen LogP contribution in [0.3, 0.4) is 0 Å². The highest BCUT2D eigenvalue weighted by atomic mass is 32.2. The largest absolute Gasteiger partial charge is 0.481 e. The second kappa shape index (κ2) is 10.1. The molecule has 2 N–H and O–H groups in total. The predicted octanol–water partition coefficient (Wildman–Crippen LogP) is 3.18. The highest BCUT2D eigenvalue weighted by Crippen LogP contribution is 2.32. The average molecular weight is 483 g/mol. The minimum absolute atomic E-state index is 0.0156. The maximum Gasteiger partial charge on any atom is 0.235 e. The second-order valence-electron chi connectivity index (χ2n) is 7.94. The Balaban J connectivity index is 1.10. The number of aromatic nitrogens is 3. The number of hydrogen-bond donors (Lipinski definition) is 2. The van der Waals surface area contributed by atoms with Gasteiger partial charge in [-0.05, 0) is 30.7 Å². The summed E-state index contributed by atoms with van der Waals surface area (Å²) >= 11 is 3.54. The fourth-order valence-electron chi connectivity index (χ4n) is 4.06. The number of carbonyl (C=O) groups is 1. The maximum atomic E-state index is 11.6. The van der Waals surface area contributed by atoms with Crippen LogP contribution >= 0.6 is 23.5 Å². The van der Waals surface area contributed by atoms with E-state index in [2.05, 4.69) is 36.6 Å². The number of thioether (sulfide) groups is 2. The number of nitrogens with one attached hydrogen (secondary N) is 2. The lowest BCUT2D eigenvalue weighted by Crippen LogP contribution is -2.23. The zero-order chi connectivity index (χ0) is 22.6. The van der Waals surface area contributed by atoms with Crippen molar-refractivity contribution in [1.29, 1.82) is 0 Å². The fraction of sp³-hybridized carbons (Fsp3) is 0.391. The van der Waals surface area contributed by atoms with E-state index >= 15 is 0 Å². The molecular weight excluding hydrogens is 456 g/mol. The van der Waals surface area contributed by atoms with Crippen molar-refractivity contribution in [2.24, 2.45) is 0 Å². The first-order valence-corrected chi connectivity index (χ1v) is 13.0. The zero-order valence-electron chi connectivity index (χ0n) is 18.4. The van der Waals surface area contributed by atoms with E-state index in [4.69, 9.17) is 4.74 Å². The van der Waals surface area contributed by atoms with Crippen LogP contribution in [-0.4, -0.2) is 64.4 Å². The van der Waals surface area contributed by atoms with Gasteiger partial charge in [0, 0.05) is 49.4 Å². The summed E-state index contributed by atoms with van der Waals surface area (Å²) in [6.07, 6.45) is 3.01. The molecule has 3 aromatic heterocycles. The van der Waals surface area contributed by atoms with Crippen molar-refractivity contribution in [2.45, 2.75) is 23.1 Å². The van der Waals surface area contributed by atoms with Crippen LogP contribution in [0.1, 0.15) is 12.1 Å². The Morgan fingerprint density at radius 2 is 2.21 bits per heavy atom. The first-order valence-electron chi connectivity index (χ1n) is 11.0. The van der Waals surface area contributed by atoms with E-state index in [9.17, 15) is 4.79 Å². The van der Waals surface area contributed by atoms with Gasteiger partial charge in [-0.25, -0.2) is 9.97 Å². The molecule has 0 aromatic carbocycles. The van der Waals surface area contributed by atoms with Gasteiger partial charge in [0.2, 0.25) is 11.8 Å². The van der Waals surface area contributed by atoms with E-state index in [0.717, 1.165) is 59.1 Å². The lowest BCUT2D eigenvalue weighted by atomic mass is 10.2. The molecule has 172 valence electrons. The molecule has 0 saturated carbocycles. The summed E-state index contributed by atoms with van der Waals surface area (Å²) in [5.41, 5.74) is 3.86. The van der Waals surface area contributed by atoms with Crippen LogP contribution in [0.25, 0.3) is 11.0 Å². The standard InChI is InChI=1S/C23H26N6O2S2/c1-31-21-5-3-17-22(28-21)18(6-8-25-17)29-10-7-16(13-29)32-11-9-24-12-15-2-4-19-23(26-15)27-20(30)14-33-19/h2-6,8,16,24H,7,9-14H2,1H3,(H,26,27,30). The van der Waals surface area contributed by atoms with Gasteiger partial charge >= 0.3 is 0 Å². The number of nitrogens with zero attached hydrogens (tertiary/aromatic N) is 4. The Morgan fingerprint density at radius 3 is 3.12 bits per heavy atom. The predicted molar refractivity (Wildman–Crippen MR) is 134 cm³/mol. The van der Waals surface area contributed by atoms with Crippen molar-refractivity contribution in [1.82, 2.24) is 20.3 Å². The van der Waals surface area contributed by atoms with Gasteiger partial charge in [0.05, 0.1) is 34.7 Å². The molecule has 0 bridgehead atoms. The quantitative estimate of drug-likeness (QED) is 0.470. The molecule has 0 radical (unpaired) electrons. The lowest BCUT2D eigenvalue weighted by molar-refractivity contribution is -0.113. The molecule has 0 aliphatic carbocycles. The van der Waals surface area contributed by atoms with E-state index in [1.807, 2.05) is 42.2 Å². The molecule has 5 heterocycles. The van der Waals surface area contributed by atoms with E-state index in [0.29, 0.717) is 29.2 Å². The number of hydrogen-bond acceptors (Lipinski definition) is 9. The van der Waals surface area contributed by atoms with Gasteiger partial charge in [-0.3, -0.25) is 9.78 Å². The molecule has 1 atom stereocenters. The number of amides is 1. The summed E-state index contributed by atoms with van der Waals surface area (Å²) in [4.78, 5) is 28.7. The molecule has 2 aliphatic rings. The van der Waals surface area contributed by atoms with Crippen LogP contribution in [0.2, 0.25) is 0 Å². The molecule has 33 heavy (non-hydrogen) atoms. The van der Waals surface area contributed by atoms with Gasteiger partial charge in [0.25, 0.3) is 0 Å². The van der Waals surface area contributed by atoms with E-state index in [1.165, 1.54) is 11.8 Å². The van der Waals surface area contributed by atoms with Crippen molar-refractivity contribution in [3.8, 4) is 5.88 Å². The van der Waals surface area contributed by atoms with E-state index in [-0.39, 0.29) is 5.91 Å². The molecule has 3 aromatic rings. The maximum absolute atomic E-state index is 11.6. The summed E-state index contributed by atoms with van der Waals surface area (Å²) < 4.78 is 5.31. The first-order chi connectivity index (χ1) is 16.2. The summed E-state index contributed by atoms with van der Waals surface area (Å²) in [5.74, 6) is 2.82. The number of carbonyl (C=O) groups excluding carboxylic acids is 1. The van der Waals surface area contributed by atoms with Gasteiger partial charge in [-0.2, -0.15) is 11.8 Å². The Bertz CT molecular complexity index is 1160. The minimum atomic E-state index is 0.0156. The monoisotopic (exact) mass is 482 g/mol. The first kappa shape index (κ1) is 22.2. The zero-order valence-corrected chi connectivity index (χ0v) is 20.0. The summed E-state index contributed by atoms with van der Waals surface area (Å²) in [6, 6.07) is 9.93. The van der Waals surface area contributed by atoms with Crippen molar-refractivity contribution in [2.75, 3.05) is 48.5 Å². The highest BCUT2D eigenvalue weighted by Gasteiger charge is 2.25. The molecule has 1 unspecified atom stereocenters. The second-order valence-corrected chi connectivity index (χ2v) is 10.4. The van der Waals surface area contributed by atoms with Crippen LogP contribution < -0.4 is 20.3 Å². The molecule has 1 amide bonds. The lowest BCUT2D eigenvalue weighted by Gasteiger charge is -2.20. The number of fused-ring (bicyclic) bond motifs is 2. The minimum Gasteiger partial charge on any atom is -0.481 e. The van der Waals surface area contributed by atoms with Crippen LogP contribution in [0.5, 0.6) is 5.88 Å².